The molecule has 1 aliphatic rings. The molecule has 34 heavy (non-hydrogen) atoms. The number of aliphatic hydroxyl groups is 3. The van der Waals surface area contributed by atoms with Gasteiger partial charge in [0.15, 0.2) is 23.4 Å². The zero-order chi connectivity index (χ0) is 24.9. The fraction of sp³-hybridized carbons (Fsp3) is 0.238. The fourth-order valence-corrected chi connectivity index (χ4v) is 3.50. The summed E-state index contributed by atoms with van der Waals surface area (Å²) in [6, 6.07) is 5.13. The number of carboxylic acid groups (broad SMARTS) is 1. The van der Waals surface area contributed by atoms with Gasteiger partial charge in [0.1, 0.15) is 40.8 Å². The molecule has 0 amide bonds. The highest BCUT2D eigenvalue weighted by Crippen LogP contribution is 2.39. The molecule has 1 aliphatic heterocycles. The number of phenols is 4. The van der Waals surface area contributed by atoms with Crippen molar-refractivity contribution in [1.82, 2.24) is 0 Å². The molecule has 0 aliphatic carbocycles. The molecule has 0 saturated carbocycles. The monoisotopic (exact) mass is 478 g/mol. The van der Waals surface area contributed by atoms with Gasteiger partial charge < -0.3 is 54.7 Å². The lowest BCUT2D eigenvalue weighted by atomic mass is 9.99. The number of phenolic OH excluding ortho intramolecular Hbond substituents is 4. The average Bonchev–Trinajstić information content (AvgIpc) is 2.76. The summed E-state index contributed by atoms with van der Waals surface area (Å²) in [5.74, 6) is -5.11. The molecule has 0 unspecified atom stereocenters. The highest BCUT2D eigenvalue weighted by atomic mass is 16.7. The molecule has 1 aromatic heterocycles. The summed E-state index contributed by atoms with van der Waals surface area (Å²) in [6.45, 7) is 0. The van der Waals surface area contributed by atoms with Crippen LogP contribution in [0.5, 0.6) is 28.7 Å². The van der Waals surface area contributed by atoms with Gasteiger partial charge in [0, 0.05) is 17.7 Å². The number of rotatable bonds is 4. The van der Waals surface area contributed by atoms with E-state index in [1.54, 1.807) is 0 Å². The van der Waals surface area contributed by atoms with Crippen molar-refractivity contribution in [3.05, 3.63) is 40.6 Å². The summed E-state index contributed by atoms with van der Waals surface area (Å²) in [5, 5.41) is 78.3. The Morgan fingerprint density at radius 2 is 1.59 bits per heavy atom. The van der Waals surface area contributed by atoms with E-state index in [2.05, 4.69) is 0 Å². The van der Waals surface area contributed by atoms with Crippen LogP contribution in [-0.4, -0.2) is 77.5 Å². The topological polar surface area (TPSA) is 228 Å². The first-order valence-electron chi connectivity index (χ1n) is 9.64. The van der Waals surface area contributed by atoms with Gasteiger partial charge in [-0.05, 0) is 18.2 Å². The van der Waals surface area contributed by atoms with E-state index in [-0.39, 0.29) is 11.1 Å². The van der Waals surface area contributed by atoms with Gasteiger partial charge in [-0.2, -0.15) is 0 Å². The zero-order valence-electron chi connectivity index (χ0n) is 16.9. The lowest BCUT2D eigenvalue weighted by Crippen LogP contribution is -2.61. The van der Waals surface area contributed by atoms with Crippen molar-refractivity contribution in [2.75, 3.05) is 0 Å². The molecule has 4 rings (SSSR count). The minimum Gasteiger partial charge on any atom is -0.508 e. The van der Waals surface area contributed by atoms with E-state index in [9.17, 15) is 50.4 Å². The standard InChI is InChI=1S/C21H18O13/c22-7-4-10(25)12-11(5-7)32-17(6-1-2-8(23)9(24)3-6)18(13(12)26)33-21-16(29)14(27)15(28)19(34-21)20(30)31/h1-5,14-16,19,21-25,27-29H,(H,30,31)/t14-,15+,16+,19-,21+/m1/s1. The van der Waals surface area contributed by atoms with E-state index in [1.807, 2.05) is 0 Å². The van der Waals surface area contributed by atoms with Crippen LogP contribution in [0.2, 0.25) is 0 Å². The minimum absolute atomic E-state index is 0.0483. The smallest absolute Gasteiger partial charge is 0.335 e. The van der Waals surface area contributed by atoms with Gasteiger partial charge in [-0.25, -0.2) is 4.79 Å². The molecule has 0 radical (unpaired) electrons. The Morgan fingerprint density at radius 3 is 2.24 bits per heavy atom. The number of aliphatic hydroxyl groups excluding tert-OH is 3. The summed E-state index contributed by atoms with van der Waals surface area (Å²) < 4.78 is 16.1. The summed E-state index contributed by atoms with van der Waals surface area (Å²) >= 11 is 0. The maximum Gasteiger partial charge on any atom is 0.335 e. The van der Waals surface area contributed by atoms with Crippen LogP contribution >= 0.6 is 0 Å². The third kappa shape index (κ3) is 3.82. The maximum absolute atomic E-state index is 13.2. The first-order valence-corrected chi connectivity index (χ1v) is 9.64. The average molecular weight is 478 g/mol. The Bertz CT molecular complexity index is 1330. The number of hydrogen-bond donors (Lipinski definition) is 8. The Kier molecular flexibility index (Phi) is 5.70. The van der Waals surface area contributed by atoms with E-state index in [1.165, 1.54) is 6.07 Å². The summed E-state index contributed by atoms with van der Waals surface area (Å²) in [4.78, 5) is 24.6. The lowest BCUT2D eigenvalue weighted by molar-refractivity contribution is -0.271. The third-order valence-corrected chi connectivity index (χ3v) is 5.20. The van der Waals surface area contributed by atoms with Gasteiger partial charge in [-0.1, -0.05) is 0 Å². The van der Waals surface area contributed by atoms with Crippen LogP contribution in [0.1, 0.15) is 0 Å². The van der Waals surface area contributed by atoms with Crippen molar-refractivity contribution < 1.29 is 59.5 Å². The van der Waals surface area contributed by atoms with Gasteiger partial charge >= 0.3 is 5.97 Å². The quantitative estimate of drug-likeness (QED) is 0.223. The van der Waals surface area contributed by atoms with Gasteiger partial charge in [-0.15, -0.1) is 0 Å². The Hall–Kier alpha value is -4.04. The molecule has 8 N–H and O–H groups in total. The van der Waals surface area contributed by atoms with Crippen LogP contribution in [0.3, 0.4) is 0 Å². The van der Waals surface area contributed by atoms with Crippen LogP contribution in [0.25, 0.3) is 22.3 Å². The number of hydrogen-bond acceptors (Lipinski definition) is 12. The molecule has 0 spiro atoms. The van der Waals surface area contributed by atoms with Crippen molar-refractivity contribution in [3.63, 3.8) is 0 Å². The van der Waals surface area contributed by atoms with E-state index >= 15 is 0 Å². The first kappa shape index (κ1) is 23.1. The molecular weight excluding hydrogens is 460 g/mol. The van der Waals surface area contributed by atoms with Crippen LogP contribution in [0, 0.1) is 0 Å². The predicted molar refractivity (Wildman–Crippen MR) is 110 cm³/mol. The number of aromatic hydroxyl groups is 4. The SMILES string of the molecule is O=C(O)[C@@H]1O[C@H](Oc2c(-c3ccc(O)c(O)c3)oc3cc(O)cc(O)c3c2=O)[C@@H](O)[C@H](O)[C@@H]1O. The van der Waals surface area contributed by atoms with E-state index in [4.69, 9.17) is 13.9 Å². The second-order valence-electron chi connectivity index (χ2n) is 7.48. The van der Waals surface area contributed by atoms with Crippen LogP contribution in [0.4, 0.5) is 0 Å². The van der Waals surface area contributed by atoms with Crippen molar-refractivity contribution in [1.29, 1.82) is 0 Å². The highest BCUT2D eigenvalue weighted by Gasteiger charge is 2.48. The van der Waals surface area contributed by atoms with Crippen LogP contribution in [-0.2, 0) is 9.53 Å². The normalized spacial score (nSPS) is 24.7. The third-order valence-electron chi connectivity index (χ3n) is 5.20. The van der Waals surface area contributed by atoms with Gasteiger partial charge in [-0.3, -0.25) is 4.79 Å². The molecule has 2 heterocycles. The van der Waals surface area contributed by atoms with Gasteiger partial charge in [0.25, 0.3) is 0 Å². The molecule has 1 saturated heterocycles. The summed E-state index contributed by atoms with van der Waals surface area (Å²) in [5.41, 5.74) is -1.40. The molecule has 2 aromatic carbocycles. The molecule has 13 nitrogen and oxygen atoms in total. The van der Waals surface area contributed by atoms with E-state index in [0.717, 1.165) is 24.3 Å². The highest BCUT2D eigenvalue weighted by molar-refractivity contribution is 5.88. The van der Waals surface area contributed by atoms with Crippen LogP contribution < -0.4 is 10.2 Å². The number of aliphatic carboxylic acids is 1. The molecule has 0 bridgehead atoms. The number of benzene rings is 2. The van der Waals surface area contributed by atoms with Crippen molar-refractivity contribution >= 4 is 16.9 Å². The van der Waals surface area contributed by atoms with Gasteiger partial charge in [0.05, 0.1) is 0 Å². The van der Waals surface area contributed by atoms with E-state index in [0.29, 0.717) is 0 Å². The molecular formula is C21H18O13. The van der Waals surface area contributed by atoms with E-state index < -0.39 is 82.0 Å². The Morgan fingerprint density at radius 1 is 0.882 bits per heavy atom. The molecule has 180 valence electrons. The fourth-order valence-electron chi connectivity index (χ4n) is 3.50. The van der Waals surface area contributed by atoms with Crippen LogP contribution in [0.15, 0.2) is 39.5 Å². The largest absolute Gasteiger partial charge is 0.508 e. The van der Waals surface area contributed by atoms with Crippen molar-refractivity contribution in [2.45, 2.75) is 30.7 Å². The number of ether oxygens (including phenoxy) is 2. The number of carbonyl (C=O) groups is 1. The van der Waals surface area contributed by atoms with Gasteiger partial charge in [0.2, 0.25) is 17.5 Å². The molecule has 1 fully saturated rings. The first-order chi connectivity index (χ1) is 16.0. The zero-order valence-corrected chi connectivity index (χ0v) is 16.9. The molecule has 3 aromatic rings. The predicted octanol–water partition coefficient (Wildman–Crippen LogP) is -0.447. The van der Waals surface area contributed by atoms with Crippen molar-refractivity contribution in [2.24, 2.45) is 0 Å². The molecule has 13 heteroatoms. The summed E-state index contributed by atoms with van der Waals surface area (Å²) in [6.07, 6.45) is -10.1. The minimum atomic E-state index is -2.03. The Labute approximate surface area is 188 Å². The summed E-state index contributed by atoms with van der Waals surface area (Å²) in [7, 11) is 0. The maximum atomic E-state index is 13.2. The second kappa shape index (κ2) is 8.39. The van der Waals surface area contributed by atoms with Crippen molar-refractivity contribution in [3.8, 4) is 40.1 Å². The number of carboxylic acids is 1. The number of fused-ring (bicyclic) bond motifs is 1. The lowest BCUT2D eigenvalue weighted by Gasteiger charge is -2.38. The molecule has 5 atom stereocenters. The second-order valence-corrected chi connectivity index (χ2v) is 7.48. The Balaban J connectivity index is 1.91.